The first-order chi connectivity index (χ1) is 11.7. The number of carbonyl (C=O) groups is 1. The lowest BCUT2D eigenvalue weighted by atomic mass is 10.2. The zero-order valence-electron chi connectivity index (χ0n) is 14.0. The van der Waals surface area contributed by atoms with Crippen molar-refractivity contribution in [2.45, 2.75) is 6.42 Å². The molecule has 0 aliphatic heterocycles. The summed E-state index contributed by atoms with van der Waals surface area (Å²) in [7, 11) is 4.68. The molecule has 6 nitrogen and oxygen atoms in total. The van der Waals surface area contributed by atoms with E-state index in [9.17, 15) is 4.79 Å². The number of nitrogens with one attached hydrogen (secondary N) is 1. The van der Waals surface area contributed by atoms with Crippen LogP contribution in [-0.4, -0.2) is 33.8 Å². The van der Waals surface area contributed by atoms with Gasteiger partial charge < -0.3 is 24.3 Å². The molecule has 0 bridgehead atoms. The largest absolute Gasteiger partial charge is 0.497 e. The summed E-state index contributed by atoms with van der Waals surface area (Å²) >= 11 is 0. The van der Waals surface area contributed by atoms with E-state index in [2.05, 4.69) is 5.32 Å². The van der Waals surface area contributed by atoms with Gasteiger partial charge in [-0.2, -0.15) is 0 Å². The molecule has 0 aliphatic carbocycles. The van der Waals surface area contributed by atoms with E-state index in [0.717, 1.165) is 0 Å². The Morgan fingerprint density at radius 2 is 1.62 bits per heavy atom. The highest BCUT2D eigenvalue weighted by molar-refractivity contribution is 5.92. The number of methoxy groups -OCH3 is 3. The van der Waals surface area contributed by atoms with Gasteiger partial charge >= 0.3 is 0 Å². The number of hydrogen-bond donors (Lipinski definition) is 1. The lowest BCUT2D eigenvalue weighted by molar-refractivity contribution is -0.116. The Morgan fingerprint density at radius 1 is 0.917 bits per heavy atom. The van der Waals surface area contributed by atoms with E-state index in [0.29, 0.717) is 28.7 Å². The first-order valence-corrected chi connectivity index (χ1v) is 7.45. The quantitative estimate of drug-likeness (QED) is 0.805. The van der Waals surface area contributed by atoms with E-state index in [1.165, 1.54) is 0 Å². The minimum atomic E-state index is -0.184. The predicted octanol–water partition coefficient (Wildman–Crippen LogP) is 3.12. The Balaban J connectivity index is 1.92. The third-order valence-electron chi connectivity index (χ3n) is 3.34. The van der Waals surface area contributed by atoms with E-state index in [1.54, 1.807) is 51.7 Å². The summed E-state index contributed by atoms with van der Waals surface area (Å²) in [6, 6.07) is 12.5. The van der Waals surface area contributed by atoms with Crippen LogP contribution < -0.4 is 24.3 Å². The Bertz CT molecular complexity index is 687. The SMILES string of the molecule is COc1ccc(OC)c(NC(=O)CCOc2ccccc2OC)c1. The van der Waals surface area contributed by atoms with Gasteiger partial charge in [0, 0.05) is 6.07 Å². The monoisotopic (exact) mass is 331 g/mol. The third-order valence-corrected chi connectivity index (χ3v) is 3.34. The van der Waals surface area contributed by atoms with Gasteiger partial charge in [-0.1, -0.05) is 12.1 Å². The molecule has 1 amide bonds. The molecule has 1 N–H and O–H groups in total. The second-order valence-corrected chi connectivity index (χ2v) is 4.86. The Hall–Kier alpha value is -2.89. The van der Waals surface area contributed by atoms with Crippen LogP contribution in [0.2, 0.25) is 0 Å². The highest BCUT2D eigenvalue weighted by Crippen LogP contribution is 2.29. The van der Waals surface area contributed by atoms with Crippen LogP contribution in [0.5, 0.6) is 23.0 Å². The first-order valence-electron chi connectivity index (χ1n) is 7.45. The van der Waals surface area contributed by atoms with Crippen LogP contribution in [0.1, 0.15) is 6.42 Å². The molecule has 0 fully saturated rings. The van der Waals surface area contributed by atoms with Crippen LogP contribution >= 0.6 is 0 Å². The number of hydrogen-bond acceptors (Lipinski definition) is 5. The van der Waals surface area contributed by atoms with Crippen molar-refractivity contribution >= 4 is 11.6 Å². The number of anilines is 1. The molecule has 2 aromatic rings. The van der Waals surface area contributed by atoms with E-state index >= 15 is 0 Å². The average Bonchev–Trinajstić information content (AvgIpc) is 2.62. The van der Waals surface area contributed by atoms with E-state index < -0.39 is 0 Å². The van der Waals surface area contributed by atoms with Crippen molar-refractivity contribution in [1.29, 1.82) is 0 Å². The standard InChI is InChI=1S/C18H21NO5/c1-21-13-8-9-15(22-2)14(12-13)19-18(20)10-11-24-17-7-5-4-6-16(17)23-3/h4-9,12H,10-11H2,1-3H3,(H,19,20). The minimum Gasteiger partial charge on any atom is -0.497 e. The molecule has 0 spiro atoms. The van der Waals surface area contributed by atoms with Gasteiger partial charge in [0.15, 0.2) is 11.5 Å². The Morgan fingerprint density at radius 3 is 2.29 bits per heavy atom. The third kappa shape index (κ3) is 4.55. The topological polar surface area (TPSA) is 66.0 Å². The summed E-state index contributed by atoms with van der Waals surface area (Å²) in [5.74, 6) is 2.25. The van der Waals surface area contributed by atoms with Gasteiger partial charge in [-0.05, 0) is 24.3 Å². The molecule has 0 atom stereocenters. The van der Waals surface area contributed by atoms with Crippen molar-refractivity contribution in [3.8, 4) is 23.0 Å². The zero-order chi connectivity index (χ0) is 17.4. The zero-order valence-corrected chi connectivity index (χ0v) is 14.0. The van der Waals surface area contributed by atoms with Gasteiger partial charge in [0.05, 0.1) is 40.0 Å². The molecule has 2 aromatic carbocycles. The van der Waals surface area contributed by atoms with Gasteiger partial charge in [-0.3, -0.25) is 4.79 Å². The summed E-state index contributed by atoms with van der Waals surface area (Å²) in [5, 5.41) is 2.80. The molecular weight excluding hydrogens is 310 g/mol. The van der Waals surface area contributed by atoms with Crippen LogP contribution in [0.3, 0.4) is 0 Å². The van der Waals surface area contributed by atoms with Crippen molar-refractivity contribution < 1.29 is 23.7 Å². The van der Waals surface area contributed by atoms with Crippen LogP contribution in [0.15, 0.2) is 42.5 Å². The number of benzene rings is 2. The summed E-state index contributed by atoms with van der Waals surface area (Å²) in [6.07, 6.45) is 0.193. The smallest absolute Gasteiger partial charge is 0.227 e. The second kappa shape index (κ2) is 8.67. The Kier molecular flexibility index (Phi) is 6.31. The van der Waals surface area contributed by atoms with Crippen LogP contribution in [-0.2, 0) is 4.79 Å². The minimum absolute atomic E-state index is 0.184. The molecule has 0 aromatic heterocycles. The van der Waals surface area contributed by atoms with Crippen molar-refractivity contribution in [3.05, 3.63) is 42.5 Å². The van der Waals surface area contributed by atoms with E-state index in [4.69, 9.17) is 18.9 Å². The van der Waals surface area contributed by atoms with Crippen LogP contribution in [0.25, 0.3) is 0 Å². The maximum atomic E-state index is 12.1. The normalized spacial score (nSPS) is 9.96. The Labute approximate surface area is 141 Å². The fraction of sp³-hybridized carbons (Fsp3) is 0.278. The predicted molar refractivity (Wildman–Crippen MR) is 91.3 cm³/mol. The summed E-state index contributed by atoms with van der Waals surface area (Å²) in [5.41, 5.74) is 0.555. The molecule has 2 rings (SSSR count). The average molecular weight is 331 g/mol. The molecule has 0 saturated heterocycles. The fourth-order valence-electron chi connectivity index (χ4n) is 2.12. The first kappa shape index (κ1) is 17.5. The van der Waals surface area contributed by atoms with Crippen molar-refractivity contribution in [2.24, 2.45) is 0 Å². The fourth-order valence-corrected chi connectivity index (χ4v) is 2.12. The van der Waals surface area contributed by atoms with E-state index in [1.807, 2.05) is 12.1 Å². The number of para-hydroxylation sites is 2. The van der Waals surface area contributed by atoms with Gasteiger partial charge in [0.2, 0.25) is 5.91 Å². The lowest BCUT2D eigenvalue weighted by Crippen LogP contribution is -2.16. The highest BCUT2D eigenvalue weighted by atomic mass is 16.5. The summed E-state index contributed by atoms with van der Waals surface area (Å²) in [6.45, 7) is 0.235. The van der Waals surface area contributed by atoms with E-state index in [-0.39, 0.29) is 18.9 Å². The van der Waals surface area contributed by atoms with Gasteiger partial charge in [0.25, 0.3) is 0 Å². The maximum absolute atomic E-state index is 12.1. The molecule has 0 radical (unpaired) electrons. The number of carbonyl (C=O) groups excluding carboxylic acids is 1. The van der Waals surface area contributed by atoms with Crippen molar-refractivity contribution in [3.63, 3.8) is 0 Å². The summed E-state index contributed by atoms with van der Waals surface area (Å²) < 4.78 is 21.2. The molecule has 24 heavy (non-hydrogen) atoms. The van der Waals surface area contributed by atoms with Crippen LogP contribution in [0, 0.1) is 0 Å². The van der Waals surface area contributed by atoms with Crippen molar-refractivity contribution in [2.75, 3.05) is 33.3 Å². The lowest BCUT2D eigenvalue weighted by Gasteiger charge is -2.13. The van der Waals surface area contributed by atoms with Crippen LogP contribution in [0.4, 0.5) is 5.69 Å². The molecule has 6 heteroatoms. The highest BCUT2D eigenvalue weighted by Gasteiger charge is 2.10. The van der Waals surface area contributed by atoms with Gasteiger partial charge in [-0.25, -0.2) is 0 Å². The molecule has 0 heterocycles. The molecule has 0 aliphatic rings. The second-order valence-electron chi connectivity index (χ2n) is 4.86. The van der Waals surface area contributed by atoms with Gasteiger partial charge in [-0.15, -0.1) is 0 Å². The van der Waals surface area contributed by atoms with Crippen molar-refractivity contribution in [1.82, 2.24) is 0 Å². The summed E-state index contributed by atoms with van der Waals surface area (Å²) in [4.78, 5) is 12.1. The number of rotatable bonds is 8. The molecule has 128 valence electrons. The number of ether oxygens (including phenoxy) is 4. The maximum Gasteiger partial charge on any atom is 0.227 e. The molecular formula is C18H21NO5. The van der Waals surface area contributed by atoms with Gasteiger partial charge in [0.1, 0.15) is 11.5 Å². The molecule has 0 saturated carbocycles. The number of amides is 1. The molecule has 0 unspecified atom stereocenters.